The van der Waals surface area contributed by atoms with Crippen LogP contribution in [-0.2, 0) is 15.0 Å². The Morgan fingerprint density at radius 2 is 1.73 bits per heavy atom. The third-order valence-corrected chi connectivity index (χ3v) is 4.75. The van der Waals surface area contributed by atoms with E-state index in [0.717, 1.165) is 12.1 Å². The monoisotopic (exact) mass is 303 g/mol. The summed E-state index contributed by atoms with van der Waals surface area (Å²) in [5.74, 6) is -0.978. The van der Waals surface area contributed by atoms with E-state index in [1.807, 2.05) is 24.3 Å². The van der Waals surface area contributed by atoms with Crippen LogP contribution in [0, 0.1) is 5.41 Å². The van der Waals surface area contributed by atoms with Crippen LogP contribution in [0.2, 0.25) is 0 Å². The number of carbonyl (C=O) groups is 2. The van der Waals surface area contributed by atoms with Crippen LogP contribution in [0.4, 0.5) is 5.69 Å². The van der Waals surface area contributed by atoms with Crippen molar-refractivity contribution in [3.63, 3.8) is 0 Å². The average molecular weight is 303 g/mol. The lowest BCUT2D eigenvalue weighted by molar-refractivity contribution is -0.157. The van der Waals surface area contributed by atoms with Crippen molar-refractivity contribution in [1.82, 2.24) is 0 Å². The summed E-state index contributed by atoms with van der Waals surface area (Å²) in [6, 6.07) is 7.89. The smallest absolute Gasteiger partial charge is 0.310 e. The number of carbonyl (C=O) groups excluding carboxylic acids is 1. The van der Waals surface area contributed by atoms with Crippen molar-refractivity contribution in [2.45, 2.75) is 51.9 Å². The van der Waals surface area contributed by atoms with Crippen LogP contribution in [-0.4, -0.2) is 24.0 Å². The Morgan fingerprint density at radius 3 is 2.09 bits per heavy atom. The first-order chi connectivity index (χ1) is 10.2. The number of amides is 1. The number of carboxylic acids is 1. The molecule has 0 radical (unpaired) electrons. The number of anilines is 1. The minimum atomic E-state index is -0.844. The van der Waals surface area contributed by atoms with Crippen molar-refractivity contribution in [3.05, 3.63) is 29.8 Å². The highest BCUT2D eigenvalue weighted by Gasteiger charge is 2.46. The molecule has 1 N–H and O–H groups in total. The van der Waals surface area contributed by atoms with Gasteiger partial charge in [0.25, 0.3) is 0 Å². The molecule has 1 aromatic rings. The molecule has 4 heteroatoms. The Morgan fingerprint density at radius 1 is 1.18 bits per heavy atom. The lowest BCUT2D eigenvalue weighted by Gasteiger charge is -2.38. The molecule has 2 rings (SSSR count). The Labute approximate surface area is 132 Å². The van der Waals surface area contributed by atoms with Crippen LogP contribution in [0.5, 0.6) is 0 Å². The molecule has 0 bridgehead atoms. The number of hydrogen-bond donors (Lipinski definition) is 1. The number of rotatable bonds is 4. The highest BCUT2D eigenvalue weighted by atomic mass is 16.4. The molecule has 0 aliphatic heterocycles. The van der Waals surface area contributed by atoms with Crippen molar-refractivity contribution < 1.29 is 14.7 Å². The molecule has 1 saturated carbocycles. The fourth-order valence-electron chi connectivity index (χ4n) is 2.81. The van der Waals surface area contributed by atoms with Gasteiger partial charge in [0.15, 0.2) is 0 Å². The zero-order chi connectivity index (χ0) is 16.5. The fraction of sp³-hybridized carbons (Fsp3) is 0.556. The third-order valence-electron chi connectivity index (χ3n) is 4.75. The third kappa shape index (κ3) is 3.16. The van der Waals surface area contributed by atoms with Crippen LogP contribution in [0.1, 0.15) is 52.0 Å². The minimum Gasteiger partial charge on any atom is -0.481 e. The molecule has 1 aromatic carbocycles. The summed E-state index contributed by atoms with van der Waals surface area (Å²) in [7, 11) is 1.71. The molecule has 22 heavy (non-hydrogen) atoms. The Balaban J connectivity index is 2.09. The van der Waals surface area contributed by atoms with Gasteiger partial charge in [0.1, 0.15) is 0 Å². The Bertz CT molecular complexity index is 565. The molecule has 0 aromatic heterocycles. The van der Waals surface area contributed by atoms with E-state index < -0.39 is 11.4 Å². The standard InChI is InChI=1S/C18H25NO3/c1-17(2,3)13-6-8-14(9-7-13)19(4)15(20)12-18(16(21)22)10-5-11-18/h6-9H,5,10-12H2,1-4H3,(H,21,22). The van der Waals surface area contributed by atoms with E-state index in [2.05, 4.69) is 20.8 Å². The van der Waals surface area contributed by atoms with Gasteiger partial charge in [-0.05, 0) is 36.0 Å². The lowest BCUT2D eigenvalue weighted by Crippen LogP contribution is -2.43. The molecule has 0 spiro atoms. The predicted molar refractivity (Wildman–Crippen MR) is 87.1 cm³/mol. The second kappa shape index (κ2) is 5.75. The van der Waals surface area contributed by atoms with Gasteiger partial charge in [0.2, 0.25) is 5.91 Å². The van der Waals surface area contributed by atoms with E-state index in [4.69, 9.17) is 0 Å². The van der Waals surface area contributed by atoms with E-state index in [-0.39, 0.29) is 17.7 Å². The SMILES string of the molecule is CN(C(=O)CC1(C(=O)O)CCC1)c1ccc(C(C)(C)C)cc1. The maximum atomic E-state index is 12.4. The topological polar surface area (TPSA) is 57.6 Å². The maximum Gasteiger partial charge on any atom is 0.310 e. The number of aliphatic carboxylic acids is 1. The second-order valence-corrected chi connectivity index (χ2v) is 7.37. The molecule has 1 aliphatic carbocycles. The summed E-state index contributed by atoms with van der Waals surface area (Å²) in [4.78, 5) is 25.3. The van der Waals surface area contributed by atoms with Gasteiger partial charge in [-0.3, -0.25) is 9.59 Å². The van der Waals surface area contributed by atoms with E-state index in [1.54, 1.807) is 11.9 Å². The van der Waals surface area contributed by atoms with Gasteiger partial charge in [0, 0.05) is 19.2 Å². The molecule has 1 amide bonds. The summed E-state index contributed by atoms with van der Waals surface area (Å²) in [6.45, 7) is 6.43. The van der Waals surface area contributed by atoms with Crippen LogP contribution >= 0.6 is 0 Å². The lowest BCUT2D eigenvalue weighted by atomic mass is 9.66. The molecule has 0 saturated heterocycles. The summed E-state index contributed by atoms with van der Waals surface area (Å²) in [6.07, 6.45) is 2.18. The van der Waals surface area contributed by atoms with Crippen LogP contribution < -0.4 is 4.90 Å². The summed E-state index contributed by atoms with van der Waals surface area (Å²) in [5, 5.41) is 9.34. The normalized spacial score (nSPS) is 16.7. The van der Waals surface area contributed by atoms with Gasteiger partial charge in [0.05, 0.1) is 5.41 Å². The summed E-state index contributed by atoms with van der Waals surface area (Å²) < 4.78 is 0. The van der Waals surface area contributed by atoms with Gasteiger partial charge in [-0.2, -0.15) is 0 Å². The first-order valence-corrected chi connectivity index (χ1v) is 7.76. The molecule has 120 valence electrons. The number of hydrogen-bond acceptors (Lipinski definition) is 2. The van der Waals surface area contributed by atoms with Crippen molar-refractivity contribution in [3.8, 4) is 0 Å². The molecule has 0 unspecified atom stereocenters. The fourth-order valence-corrected chi connectivity index (χ4v) is 2.81. The molecule has 0 heterocycles. The molecule has 0 atom stereocenters. The van der Waals surface area contributed by atoms with E-state index >= 15 is 0 Å². The average Bonchev–Trinajstić information content (AvgIpc) is 2.40. The van der Waals surface area contributed by atoms with E-state index in [1.165, 1.54) is 5.56 Å². The number of benzene rings is 1. The van der Waals surface area contributed by atoms with Gasteiger partial charge >= 0.3 is 5.97 Å². The van der Waals surface area contributed by atoms with Crippen LogP contribution in [0.15, 0.2) is 24.3 Å². The highest BCUT2D eigenvalue weighted by Crippen LogP contribution is 2.44. The van der Waals surface area contributed by atoms with Gasteiger partial charge in [-0.1, -0.05) is 39.3 Å². The molecule has 4 nitrogen and oxygen atoms in total. The van der Waals surface area contributed by atoms with E-state index in [9.17, 15) is 14.7 Å². The molecule has 1 aliphatic rings. The first-order valence-electron chi connectivity index (χ1n) is 7.76. The van der Waals surface area contributed by atoms with Crippen molar-refractivity contribution in [1.29, 1.82) is 0 Å². The first kappa shape index (κ1) is 16.5. The summed E-state index contributed by atoms with van der Waals surface area (Å²) in [5.41, 5.74) is 1.24. The molecule has 1 fully saturated rings. The van der Waals surface area contributed by atoms with Gasteiger partial charge < -0.3 is 10.0 Å². The molecular formula is C18H25NO3. The predicted octanol–water partition coefficient (Wildman–Crippen LogP) is 3.59. The number of carboxylic acid groups (broad SMARTS) is 1. The van der Waals surface area contributed by atoms with Crippen molar-refractivity contribution in [2.75, 3.05) is 11.9 Å². The van der Waals surface area contributed by atoms with Crippen molar-refractivity contribution >= 4 is 17.6 Å². The largest absolute Gasteiger partial charge is 0.481 e. The Hall–Kier alpha value is -1.84. The van der Waals surface area contributed by atoms with Crippen LogP contribution in [0.25, 0.3) is 0 Å². The Kier molecular flexibility index (Phi) is 4.32. The second-order valence-electron chi connectivity index (χ2n) is 7.37. The zero-order valence-corrected chi connectivity index (χ0v) is 13.8. The maximum absolute atomic E-state index is 12.4. The minimum absolute atomic E-state index is 0.0698. The van der Waals surface area contributed by atoms with E-state index in [0.29, 0.717) is 12.8 Å². The molecular weight excluding hydrogens is 278 g/mol. The van der Waals surface area contributed by atoms with Gasteiger partial charge in [-0.25, -0.2) is 0 Å². The summed E-state index contributed by atoms with van der Waals surface area (Å²) >= 11 is 0. The number of nitrogens with zero attached hydrogens (tertiary/aromatic N) is 1. The highest BCUT2D eigenvalue weighted by molar-refractivity contribution is 5.96. The van der Waals surface area contributed by atoms with Crippen LogP contribution in [0.3, 0.4) is 0 Å². The van der Waals surface area contributed by atoms with Crippen molar-refractivity contribution in [2.24, 2.45) is 5.41 Å². The zero-order valence-electron chi connectivity index (χ0n) is 13.8. The van der Waals surface area contributed by atoms with Gasteiger partial charge in [-0.15, -0.1) is 0 Å². The quantitative estimate of drug-likeness (QED) is 0.924.